The molecule has 0 atom stereocenters. The Bertz CT molecular complexity index is 616. The summed E-state index contributed by atoms with van der Waals surface area (Å²) < 4.78 is 2.30. The van der Waals surface area contributed by atoms with Crippen molar-refractivity contribution in [2.75, 3.05) is 0 Å². The second-order valence-electron chi connectivity index (χ2n) is 7.35. The molecule has 4 aliphatic carbocycles. The molecule has 2 nitrogen and oxygen atoms in total. The Hall–Kier alpha value is -0.830. The number of rotatable bonds is 1. The predicted molar refractivity (Wildman–Crippen MR) is 77.7 cm³/mol. The Balaban J connectivity index is 1.64. The maximum Gasteiger partial charge on any atom is 0.194 e. The van der Waals surface area contributed by atoms with E-state index in [4.69, 9.17) is 4.98 Å². The quantitative estimate of drug-likeness (QED) is 0.761. The molecule has 0 radical (unpaired) electrons. The highest BCUT2D eigenvalue weighted by Crippen LogP contribution is 2.60. The molecule has 4 aliphatic rings. The molecule has 0 spiro atoms. The standard InChI is InChI=1S/C16H20N2S/c1-10-9-19-15-17-14(8-18(10)15)16-5-11-2-12(6-16)4-13(3-11)7-16/h8-9,11-13H,2-7H2,1H3. The molecule has 2 aromatic rings. The van der Waals surface area contributed by atoms with E-state index in [-0.39, 0.29) is 0 Å². The maximum atomic E-state index is 5.01. The summed E-state index contributed by atoms with van der Waals surface area (Å²) in [4.78, 5) is 6.20. The number of aromatic nitrogens is 2. The van der Waals surface area contributed by atoms with Gasteiger partial charge < -0.3 is 0 Å². The lowest BCUT2D eigenvalue weighted by molar-refractivity contribution is -0.00696. The van der Waals surface area contributed by atoms with Crippen molar-refractivity contribution in [3.05, 3.63) is 23.0 Å². The van der Waals surface area contributed by atoms with Gasteiger partial charge in [-0.05, 0) is 63.2 Å². The highest BCUT2D eigenvalue weighted by Gasteiger charge is 2.52. The molecule has 6 rings (SSSR count). The zero-order chi connectivity index (χ0) is 12.6. The van der Waals surface area contributed by atoms with Crippen molar-refractivity contribution in [2.24, 2.45) is 17.8 Å². The van der Waals surface area contributed by atoms with Gasteiger partial charge in [-0.25, -0.2) is 4.98 Å². The summed E-state index contributed by atoms with van der Waals surface area (Å²) in [6.45, 7) is 2.19. The number of imidazole rings is 1. The third-order valence-corrected chi connectivity index (χ3v) is 6.93. The minimum absolute atomic E-state index is 0.451. The Morgan fingerprint density at radius 2 is 1.79 bits per heavy atom. The van der Waals surface area contributed by atoms with Crippen LogP contribution >= 0.6 is 11.3 Å². The van der Waals surface area contributed by atoms with Crippen LogP contribution in [0.2, 0.25) is 0 Å². The van der Waals surface area contributed by atoms with Crippen LogP contribution in [0.25, 0.3) is 4.96 Å². The summed E-state index contributed by atoms with van der Waals surface area (Å²) in [5.74, 6) is 3.02. The van der Waals surface area contributed by atoms with Crippen LogP contribution in [0.4, 0.5) is 0 Å². The fraction of sp³-hybridized carbons (Fsp3) is 0.688. The largest absolute Gasteiger partial charge is 0.295 e. The summed E-state index contributed by atoms with van der Waals surface area (Å²) in [7, 11) is 0. The van der Waals surface area contributed by atoms with E-state index < -0.39 is 0 Å². The van der Waals surface area contributed by atoms with E-state index in [1.165, 1.54) is 54.9 Å². The smallest absolute Gasteiger partial charge is 0.194 e. The molecule has 3 heteroatoms. The first-order valence-corrected chi connectivity index (χ1v) is 8.53. The lowest BCUT2D eigenvalue weighted by Crippen LogP contribution is -2.48. The summed E-state index contributed by atoms with van der Waals surface area (Å²) in [5, 5.41) is 2.21. The number of thiazole rings is 1. The van der Waals surface area contributed by atoms with E-state index in [0.29, 0.717) is 5.41 Å². The van der Waals surface area contributed by atoms with Gasteiger partial charge in [0, 0.05) is 22.7 Å². The van der Waals surface area contributed by atoms with Crippen molar-refractivity contribution < 1.29 is 0 Å². The zero-order valence-electron chi connectivity index (χ0n) is 11.4. The van der Waals surface area contributed by atoms with Crippen molar-refractivity contribution in [2.45, 2.75) is 50.9 Å². The van der Waals surface area contributed by atoms with Crippen molar-refractivity contribution >= 4 is 16.3 Å². The van der Waals surface area contributed by atoms with Gasteiger partial charge in [0.2, 0.25) is 0 Å². The molecule has 4 saturated carbocycles. The van der Waals surface area contributed by atoms with Crippen LogP contribution in [0.3, 0.4) is 0 Å². The SMILES string of the molecule is Cc1csc2nc(C34CC5CC(CC(C5)C3)C4)cn12. The third kappa shape index (κ3) is 1.40. The minimum Gasteiger partial charge on any atom is -0.295 e. The van der Waals surface area contributed by atoms with Gasteiger partial charge in [-0.3, -0.25) is 4.40 Å². The predicted octanol–water partition coefficient (Wildman–Crippen LogP) is 4.17. The number of aryl methyl sites for hydroxylation is 1. The monoisotopic (exact) mass is 272 g/mol. The number of nitrogens with zero attached hydrogens (tertiary/aromatic N) is 2. The molecule has 0 aliphatic heterocycles. The molecule has 0 saturated heterocycles. The number of hydrogen-bond acceptors (Lipinski definition) is 2. The molecule has 0 amide bonds. The van der Waals surface area contributed by atoms with E-state index >= 15 is 0 Å². The second-order valence-corrected chi connectivity index (χ2v) is 8.19. The van der Waals surface area contributed by atoms with Crippen molar-refractivity contribution in [3.8, 4) is 0 Å². The van der Waals surface area contributed by atoms with Crippen LogP contribution in [-0.2, 0) is 5.41 Å². The van der Waals surface area contributed by atoms with E-state index in [1.807, 2.05) is 0 Å². The van der Waals surface area contributed by atoms with E-state index in [0.717, 1.165) is 17.8 Å². The summed E-state index contributed by atoms with van der Waals surface area (Å²) >= 11 is 1.79. The number of hydrogen-bond donors (Lipinski definition) is 0. The fourth-order valence-corrected chi connectivity index (χ4v) is 6.42. The Kier molecular flexibility index (Phi) is 1.97. The fourth-order valence-electron chi connectivity index (χ4n) is 5.57. The maximum absolute atomic E-state index is 5.01. The van der Waals surface area contributed by atoms with Gasteiger partial charge in [0.05, 0.1) is 5.69 Å². The molecule has 0 N–H and O–H groups in total. The molecule has 0 unspecified atom stereocenters. The molecule has 19 heavy (non-hydrogen) atoms. The van der Waals surface area contributed by atoms with Gasteiger partial charge in [0.25, 0.3) is 0 Å². The zero-order valence-corrected chi connectivity index (χ0v) is 12.2. The summed E-state index contributed by atoms with van der Waals surface area (Å²) in [6.07, 6.45) is 11.2. The van der Waals surface area contributed by atoms with Crippen molar-refractivity contribution in [3.63, 3.8) is 0 Å². The lowest BCUT2D eigenvalue weighted by Gasteiger charge is -2.56. The average Bonchev–Trinajstić information content (AvgIpc) is 2.91. The van der Waals surface area contributed by atoms with E-state index in [1.54, 1.807) is 11.3 Å². The van der Waals surface area contributed by atoms with Gasteiger partial charge in [0.1, 0.15) is 0 Å². The highest BCUT2D eigenvalue weighted by atomic mass is 32.1. The van der Waals surface area contributed by atoms with E-state index in [9.17, 15) is 0 Å². The molecule has 2 heterocycles. The average molecular weight is 272 g/mol. The number of fused-ring (bicyclic) bond motifs is 1. The summed E-state index contributed by atoms with van der Waals surface area (Å²) in [5.41, 5.74) is 3.21. The Morgan fingerprint density at radius 3 is 2.37 bits per heavy atom. The first-order valence-electron chi connectivity index (χ1n) is 7.65. The van der Waals surface area contributed by atoms with Crippen LogP contribution in [-0.4, -0.2) is 9.38 Å². The molecular formula is C16H20N2S. The van der Waals surface area contributed by atoms with Crippen LogP contribution in [0, 0.1) is 24.7 Å². The van der Waals surface area contributed by atoms with Gasteiger partial charge in [-0.15, -0.1) is 11.3 Å². The van der Waals surface area contributed by atoms with Gasteiger partial charge >= 0.3 is 0 Å². The lowest BCUT2D eigenvalue weighted by atomic mass is 9.49. The van der Waals surface area contributed by atoms with Gasteiger partial charge in [0.15, 0.2) is 4.96 Å². The van der Waals surface area contributed by atoms with Gasteiger partial charge in [-0.1, -0.05) is 0 Å². The second kappa shape index (κ2) is 3.43. The Morgan fingerprint density at radius 1 is 1.16 bits per heavy atom. The summed E-state index contributed by atoms with van der Waals surface area (Å²) in [6, 6.07) is 0. The first-order chi connectivity index (χ1) is 9.22. The van der Waals surface area contributed by atoms with Crippen molar-refractivity contribution in [1.29, 1.82) is 0 Å². The first kappa shape index (κ1) is 10.9. The normalized spacial score (nSPS) is 40.4. The minimum atomic E-state index is 0.451. The Labute approximate surface area is 117 Å². The van der Waals surface area contributed by atoms with Crippen molar-refractivity contribution in [1.82, 2.24) is 9.38 Å². The van der Waals surface area contributed by atoms with Crippen LogP contribution < -0.4 is 0 Å². The van der Waals surface area contributed by atoms with E-state index in [2.05, 4.69) is 22.9 Å². The molecule has 100 valence electrons. The third-order valence-electron chi connectivity index (χ3n) is 5.97. The highest BCUT2D eigenvalue weighted by molar-refractivity contribution is 7.15. The molecular weight excluding hydrogens is 252 g/mol. The molecule has 4 bridgehead atoms. The van der Waals surface area contributed by atoms with Crippen LogP contribution in [0.1, 0.15) is 49.9 Å². The van der Waals surface area contributed by atoms with Crippen LogP contribution in [0.15, 0.2) is 11.6 Å². The van der Waals surface area contributed by atoms with Gasteiger partial charge in [-0.2, -0.15) is 0 Å². The molecule has 2 aromatic heterocycles. The molecule has 4 fully saturated rings. The van der Waals surface area contributed by atoms with Crippen LogP contribution in [0.5, 0.6) is 0 Å². The topological polar surface area (TPSA) is 17.3 Å². The molecule has 0 aromatic carbocycles.